The molecule has 0 aromatic rings. The van der Waals surface area contributed by atoms with Crippen LogP contribution in [0.15, 0.2) is 23.8 Å². The van der Waals surface area contributed by atoms with Crippen LogP contribution in [0.2, 0.25) is 0 Å². The van der Waals surface area contributed by atoms with Crippen molar-refractivity contribution in [3.8, 4) is 0 Å². The van der Waals surface area contributed by atoms with Gasteiger partial charge >= 0.3 is 0 Å². The third-order valence-electron chi connectivity index (χ3n) is 2.64. The van der Waals surface area contributed by atoms with Crippen molar-refractivity contribution < 1.29 is 5.11 Å². The summed E-state index contributed by atoms with van der Waals surface area (Å²) in [5.74, 6) is 0. The van der Waals surface area contributed by atoms with E-state index in [0.717, 1.165) is 12.8 Å². The zero-order chi connectivity index (χ0) is 11.1. The highest BCUT2D eigenvalue weighted by Crippen LogP contribution is 2.15. The van der Waals surface area contributed by atoms with Crippen LogP contribution >= 0.6 is 0 Å². The Morgan fingerprint density at radius 3 is 2.73 bits per heavy atom. The summed E-state index contributed by atoms with van der Waals surface area (Å²) in [5.41, 5.74) is 1.42. The van der Waals surface area contributed by atoms with Gasteiger partial charge in [0.05, 0.1) is 6.61 Å². The third-order valence-corrected chi connectivity index (χ3v) is 2.64. The molecule has 1 atom stereocenters. The molecule has 1 unspecified atom stereocenters. The summed E-state index contributed by atoms with van der Waals surface area (Å²) in [6.07, 6.45) is 11.2. The van der Waals surface area contributed by atoms with Gasteiger partial charge < -0.3 is 10.4 Å². The van der Waals surface area contributed by atoms with Crippen LogP contribution in [0, 0.1) is 0 Å². The topological polar surface area (TPSA) is 32.3 Å². The average Bonchev–Trinajstić information content (AvgIpc) is 2.25. The molecule has 0 saturated heterocycles. The molecule has 0 bridgehead atoms. The number of nitrogens with one attached hydrogen (secondary N) is 1. The second kappa shape index (κ2) is 6.81. The van der Waals surface area contributed by atoms with Crippen LogP contribution in [0.25, 0.3) is 0 Å². The first-order valence-corrected chi connectivity index (χ1v) is 5.95. The van der Waals surface area contributed by atoms with Crippen LogP contribution in [0.3, 0.4) is 0 Å². The largest absolute Gasteiger partial charge is 0.395 e. The fourth-order valence-electron chi connectivity index (χ4n) is 1.89. The predicted octanol–water partition coefficient (Wildman–Crippen LogP) is 2.40. The van der Waals surface area contributed by atoms with Crippen LogP contribution in [0.4, 0.5) is 0 Å². The molecular formula is C13H23NO. The molecule has 2 heteroatoms. The summed E-state index contributed by atoms with van der Waals surface area (Å²) in [4.78, 5) is 0. The Bertz CT molecular complexity index is 231. The minimum atomic E-state index is 0.231. The van der Waals surface area contributed by atoms with Crippen LogP contribution in [-0.2, 0) is 0 Å². The first-order valence-electron chi connectivity index (χ1n) is 5.95. The van der Waals surface area contributed by atoms with Crippen LogP contribution in [0.1, 0.15) is 39.5 Å². The van der Waals surface area contributed by atoms with Crippen LogP contribution < -0.4 is 5.32 Å². The van der Waals surface area contributed by atoms with E-state index in [1.165, 1.54) is 18.4 Å². The molecule has 0 amide bonds. The molecule has 0 heterocycles. The number of aliphatic hydroxyl groups excluding tert-OH is 1. The van der Waals surface area contributed by atoms with E-state index in [9.17, 15) is 5.11 Å². The molecule has 1 aliphatic carbocycles. The maximum absolute atomic E-state index is 9.20. The normalized spacial score (nSPS) is 18.0. The fourth-order valence-corrected chi connectivity index (χ4v) is 1.89. The second-order valence-electron chi connectivity index (χ2n) is 4.50. The van der Waals surface area contributed by atoms with E-state index >= 15 is 0 Å². The second-order valence-corrected chi connectivity index (χ2v) is 4.50. The molecule has 0 aliphatic heterocycles. The Morgan fingerprint density at radius 1 is 1.40 bits per heavy atom. The Balaban J connectivity index is 2.27. The molecule has 2 nitrogen and oxygen atoms in total. The first kappa shape index (κ1) is 12.5. The maximum atomic E-state index is 9.20. The highest BCUT2D eigenvalue weighted by molar-refractivity contribution is 5.22. The predicted molar refractivity (Wildman–Crippen MR) is 64.8 cm³/mol. The monoisotopic (exact) mass is 209 g/mol. The minimum absolute atomic E-state index is 0.231. The van der Waals surface area contributed by atoms with Crippen LogP contribution in [-0.4, -0.2) is 23.8 Å². The Labute approximate surface area is 93.1 Å². The van der Waals surface area contributed by atoms with Crippen molar-refractivity contribution in [3.63, 3.8) is 0 Å². The van der Waals surface area contributed by atoms with Crippen molar-refractivity contribution in [1.82, 2.24) is 5.32 Å². The quantitative estimate of drug-likeness (QED) is 0.704. The molecule has 0 spiro atoms. The lowest BCUT2D eigenvalue weighted by Crippen LogP contribution is -2.37. The van der Waals surface area contributed by atoms with Crippen molar-refractivity contribution in [2.24, 2.45) is 0 Å². The van der Waals surface area contributed by atoms with Gasteiger partial charge in [-0.25, -0.2) is 0 Å². The lowest BCUT2D eigenvalue weighted by Gasteiger charge is -2.19. The van der Waals surface area contributed by atoms with Gasteiger partial charge in [-0.2, -0.15) is 0 Å². The minimum Gasteiger partial charge on any atom is -0.395 e. The Kier molecular flexibility index (Phi) is 5.66. The Morgan fingerprint density at radius 2 is 2.20 bits per heavy atom. The van der Waals surface area contributed by atoms with Gasteiger partial charge in [0, 0.05) is 12.1 Å². The molecule has 2 N–H and O–H groups in total. The lowest BCUT2D eigenvalue weighted by atomic mass is 10.00. The molecule has 15 heavy (non-hydrogen) atoms. The van der Waals surface area contributed by atoms with Gasteiger partial charge in [0.25, 0.3) is 0 Å². The molecule has 1 rings (SSSR count). The molecule has 0 radical (unpaired) electrons. The third kappa shape index (κ3) is 5.14. The van der Waals surface area contributed by atoms with Gasteiger partial charge in [-0.15, -0.1) is 0 Å². The van der Waals surface area contributed by atoms with Gasteiger partial charge in [-0.1, -0.05) is 37.6 Å². The molecule has 1 aliphatic rings. The fraction of sp³-hybridized carbons (Fsp3) is 0.692. The Hall–Kier alpha value is -0.600. The van der Waals surface area contributed by atoms with Crippen molar-refractivity contribution in [3.05, 3.63) is 23.8 Å². The number of aliphatic hydroxyl groups is 1. The van der Waals surface area contributed by atoms with Gasteiger partial charge in [0.2, 0.25) is 0 Å². The summed E-state index contributed by atoms with van der Waals surface area (Å²) in [5, 5.41) is 12.6. The highest BCUT2D eigenvalue weighted by atomic mass is 16.3. The van der Waals surface area contributed by atoms with Gasteiger partial charge in [-0.05, 0) is 25.7 Å². The summed E-state index contributed by atoms with van der Waals surface area (Å²) in [6.45, 7) is 4.46. The lowest BCUT2D eigenvalue weighted by molar-refractivity contribution is 0.228. The summed E-state index contributed by atoms with van der Waals surface area (Å²) in [6, 6.07) is 0.680. The molecule has 0 aromatic carbocycles. The smallest absolute Gasteiger partial charge is 0.0584 e. The van der Waals surface area contributed by atoms with Crippen molar-refractivity contribution in [2.45, 2.75) is 51.6 Å². The van der Waals surface area contributed by atoms with E-state index in [2.05, 4.69) is 37.4 Å². The van der Waals surface area contributed by atoms with Gasteiger partial charge in [-0.3, -0.25) is 0 Å². The first-order chi connectivity index (χ1) is 7.22. The summed E-state index contributed by atoms with van der Waals surface area (Å²) in [7, 11) is 0. The zero-order valence-electron chi connectivity index (χ0n) is 9.87. The van der Waals surface area contributed by atoms with E-state index in [1.807, 2.05) is 0 Å². The SMILES string of the molecule is CC(C)NC(CO)CCC1=CCCC=C1. The number of rotatable bonds is 6. The van der Waals surface area contributed by atoms with E-state index in [1.54, 1.807) is 0 Å². The number of hydrogen-bond donors (Lipinski definition) is 2. The van der Waals surface area contributed by atoms with E-state index in [4.69, 9.17) is 0 Å². The molecule has 86 valence electrons. The zero-order valence-corrected chi connectivity index (χ0v) is 9.87. The molecule has 0 saturated carbocycles. The van der Waals surface area contributed by atoms with E-state index in [0.29, 0.717) is 6.04 Å². The van der Waals surface area contributed by atoms with Crippen molar-refractivity contribution in [1.29, 1.82) is 0 Å². The van der Waals surface area contributed by atoms with Gasteiger partial charge in [0.1, 0.15) is 0 Å². The van der Waals surface area contributed by atoms with E-state index < -0.39 is 0 Å². The van der Waals surface area contributed by atoms with E-state index in [-0.39, 0.29) is 12.6 Å². The average molecular weight is 209 g/mol. The number of hydrogen-bond acceptors (Lipinski definition) is 2. The molecular weight excluding hydrogens is 186 g/mol. The summed E-state index contributed by atoms with van der Waals surface area (Å²) >= 11 is 0. The number of allylic oxidation sites excluding steroid dienone is 4. The maximum Gasteiger partial charge on any atom is 0.0584 e. The molecule has 0 fully saturated rings. The highest BCUT2D eigenvalue weighted by Gasteiger charge is 2.09. The van der Waals surface area contributed by atoms with Crippen LogP contribution in [0.5, 0.6) is 0 Å². The standard InChI is InChI=1S/C13H23NO/c1-11(2)14-13(10-15)9-8-12-6-4-3-5-7-12/h4,6-7,11,13-15H,3,5,8-10H2,1-2H3. The summed E-state index contributed by atoms with van der Waals surface area (Å²) < 4.78 is 0. The van der Waals surface area contributed by atoms with Crippen molar-refractivity contribution in [2.75, 3.05) is 6.61 Å². The molecule has 0 aromatic heterocycles. The van der Waals surface area contributed by atoms with Gasteiger partial charge in [0.15, 0.2) is 0 Å². The van der Waals surface area contributed by atoms with Crippen molar-refractivity contribution >= 4 is 0 Å².